The molecule has 0 saturated carbocycles. The minimum absolute atomic E-state index is 0.104. The summed E-state index contributed by atoms with van der Waals surface area (Å²) in [5.41, 5.74) is 2.33. The Labute approximate surface area is 182 Å². The van der Waals surface area contributed by atoms with Crippen LogP contribution in [0.5, 0.6) is 0 Å². The summed E-state index contributed by atoms with van der Waals surface area (Å²) >= 11 is 0. The highest BCUT2D eigenvalue weighted by molar-refractivity contribution is 6.17. The fourth-order valence-electron chi connectivity index (χ4n) is 3.67. The van der Waals surface area contributed by atoms with Crippen molar-refractivity contribution >= 4 is 29.0 Å². The van der Waals surface area contributed by atoms with E-state index < -0.39 is 23.1 Å². The van der Waals surface area contributed by atoms with Gasteiger partial charge in [0.1, 0.15) is 0 Å². The van der Waals surface area contributed by atoms with Crippen molar-refractivity contribution in [3.63, 3.8) is 0 Å². The zero-order chi connectivity index (χ0) is 22.9. The van der Waals surface area contributed by atoms with Gasteiger partial charge in [-0.3, -0.25) is 19.3 Å². The second kappa shape index (κ2) is 8.38. The average Bonchev–Trinajstić information content (AvgIpc) is 2.98. The van der Waals surface area contributed by atoms with Gasteiger partial charge in [0.05, 0.1) is 11.6 Å². The molecule has 1 unspecified atom stereocenters. The number of benzene rings is 2. The van der Waals surface area contributed by atoms with Crippen LogP contribution in [0.3, 0.4) is 0 Å². The number of nitrogens with one attached hydrogen (secondary N) is 1. The molecule has 1 atom stereocenters. The van der Waals surface area contributed by atoms with Crippen LogP contribution in [-0.4, -0.2) is 22.7 Å². The van der Waals surface area contributed by atoms with Crippen LogP contribution >= 0.6 is 0 Å². The van der Waals surface area contributed by atoms with E-state index in [0.29, 0.717) is 11.4 Å². The van der Waals surface area contributed by atoms with Crippen LogP contribution in [0.4, 0.5) is 11.4 Å². The van der Waals surface area contributed by atoms with Gasteiger partial charge in [-0.05, 0) is 41.8 Å². The van der Waals surface area contributed by atoms with E-state index >= 15 is 0 Å². The van der Waals surface area contributed by atoms with Crippen molar-refractivity contribution in [1.29, 1.82) is 0 Å². The van der Waals surface area contributed by atoms with Crippen LogP contribution in [0.25, 0.3) is 0 Å². The number of carbonyl (C=O) groups is 3. The SMILES string of the molecule is CCc1ccc(C2C(C(=O)C(C)(C)C)=C(O)C(=O)N2c2ccc(NC(C)=O)cc2)cc1. The Morgan fingerprint density at radius 3 is 2.10 bits per heavy atom. The van der Waals surface area contributed by atoms with Gasteiger partial charge < -0.3 is 10.4 Å². The molecular formula is C25H28N2O4. The highest BCUT2D eigenvalue weighted by Gasteiger charge is 2.46. The van der Waals surface area contributed by atoms with Crippen LogP contribution in [0, 0.1) is 5.41 Å². The molecule has 3 rings (SSSR count). The topological polar surface area (TPSA) is 86.7 Å². The Kier molecular flexibility index (Phi) is 6.02. The van der Waals surface area contributed by atoms with Crippen LogP contribution in [0.2, 0.25) is 0 Å². The fraction of sp³-hybridized carbons (Fsp3) is 0.320. The van der Waals surface area contributed by atoms with E-state index in [1.807, 2.05) is 24.3 Å². The van der Waals surface area contributed by atoms with Crippen molar-refractivity contribution in [3.8, 4) is 0 Å². The smallest absolute Gasteiger partial charge is 0.294 e. The number of carbonyl (C=O) groups excluding carboxylic acids is 3. The maximum Gasteiger partial charge on any atom is 0.294 e. The maximum absolute atomic E-state index is 13.2. The molecule has 2 aromatic rings. The molecule has 0 aromatic heterocycles. The Bertz CT molecular complexity index is 1040. The number of aliphatic hydroxyl groups excluding tert-OH is 1. The van der Waals surface area contributed by atoms with Gasteiger partial charge in [-0.25, -0.2) is 0 Å². The van der Waals surface area contributed by atoms with Gasteiger partial charge in [-0.1, -0.05) is 52.0 Å². The zero-order valence-electron chi connectivity index (χ0n) is 18.5. The molecule has 2 aromatic carbocycles. The lowest BCUT2D eigenvalue weighted by molar-refractivity contribution is -0.123. The van der Waals surface area contributed by atoms with Crippen LogP contribution < -0.4 is 10.2 Å². The summed E-state index contributed by atoms with van der Waals surface area (Å²) in [6.45, 7) is 8.77. The van der Waals surface area contributed by atoms with Gasteiger partial charge in [-0.2, -0.15) is 0 Å². The predicted octanol–water partition coefficient (Wildman–Crippen LogP) is 4.72. The molecule has 1 aliphatic rings. The normalized spacial score (nSPS) is 16.6. The molecule has 2 amide bonds. The number of amides is 2. The van der Waals surface area contributed by atoms with Crippen molar-refractivity contribution in [2.45, 2.75) is 47.1 Å². The Morgan fingerprint density at radius 1 is 1.03 bits per heavy atom. The van der Waals surface area contributed by atoms with Gasteiger partial charge in [-0.15, -0.1) is 0 Å². The van der Waals surface area contributed by atoms with Gasteiger partial charge >= 0.3 is 0 Å². The van der Waals surface area contributed by atoms with Crippen molar-refractivity contribution in [3.05, 3.63) is 71.0 Å². The van der Waals surface area contributed by atoms with Gasteiger partial charge in [0.2, 0.25) is 5.91 Å². The first kappa shape index (κ1) is 22.3. The van der Waals surface area contributed by atoms with E-state index in [2.05, 4.69) is 12.2 Å². The molecule has 0 bridgehead atoms. The summed E-state index contributed by atoms with van der Waals surface area (Å²) in [6.07, 6.45) is 0.868. The Morgan fingerprint density at radius 2 is 1.61 bits per heavy atom. The number of rotatable bonds is 5. The molecule has 6 nitrogen and oxygen atoms in total. The maximum atomic E-state index is 13.2. The van der Waals surface area contributed by atoms with E-state index in [1.54, 1.807) is 45.0 Å². The number of ketones is 1. The number of anilines is 2. The third-order valence-electron chi connectivity index (χ3n) is 5.30. The molecule has 1 heterocycles. The number of aliphatic hydroxyl groups is 1. The first-order valence-electron chi connectivity index (χ1n) is 10.3. The fourth-order valence-corrected chi connectivity index (χ4v) is 3.67. The van der Waals surface area contributed by atoms with Gasteiger partial charge in [0, 0.05) is 23.7 Å². The Balaban J connectivity index is 2.11. The molecular weight excluding hydrogens is 392 g/mol. The summed E-state index contributed by atoms with van der Waals surface area (Å²) in [5, 5.41) is 13.4. The molecule has 2 N–H and O–H groups in total. The molecule has 0 saturated heterocycles. The molecule has 0 radical (unpaired) electrons. The number of aryl methyl sites for hydroxylation is 1. The lowest BCUT2D eigenvalue weighted by Gasteiger charge is -2.29. The van der Waals surface area contributed by atoms with Crippen LogP contribution in [0.1, 0.15) is 51.8 Å². The van der Waals surface area contributed by atoms with E-state index in [9.17, 15) is 19.5 Å². The highest BCUT2D eigenvalue weighted by atomic mass is 16.3. The average molecular weight is 421 g/mol. The first-order chi connectivity index (χ1) is 14.5. The molecule has 162 valence electrons. The van der Waals surface area contributed by atoms with Crippen molar-refractivity contribution in [2.75, 3.05) is 10.2 Å². The third-order valence-corrected chi connectivity index (χ3v) is 5.30. The summed E-state index contributed by atoms with van der Waals surface area (Å²) < 4.78 is 0. The zero-order valence-corrected chi connectivity index (χ0v) is 18.5. The quantitative estimate of drug-likeness (QED) is 0.733. The largest absolute Gasteiger partial charge is 0.503 e. The summed E-state index contributed by atoms with van der Waals surface area (Å²) in [6, 6.07) is 13.7. The van der Waals surface area contributed by atoms with E-state index in [1.165, 1.54) is 11.8 Å². The van der Waals surface area contributed by atoms with Gasteiger partial charge in [0.25, 0.3) is 5.91 Å². The molecule has 0 spiro atoms. The first-order valence-corrected chi connectivity index (χ1v) is 10.3. The number of Topliss-reactive ketones (excluding diaryl/α,β-unsaturated/α-hetero) is 1. The van der Waals surface area contributed by atoms with E-state index in [4.69, 9.17) is 0 Å². The molecule has 0 aliphatic carbocycles. The Hall–Kier alpha value is -3.41. The lowest BCUT2D eigenvalue weighted by Crippen LogP contribution is -2.32. The highest BCUT2D eigenvalue weighted by Crippen LogP contribution is 2.43. The van der Waals surface area contributed by atoms with Crippen LogP contribution in [-0.2, 0) is 20.8 Å². The monoisotopic (exact) mass is 420 g/mol. The third kappa shape index (κ3) is 4.38. The van der Waals surface area contributed by atoms with Crippen molar-refractivity contribution in [1.82, 2.24) is 0 Å². The summed E-state index contributed by atoms with van der Waals surface area (Å²) in [5.74, 6) is -1.61. The second-order valence-corrected chi connectivity index (χ2v) is 8.74. The molecule has 6 heteroatoms. The van der Waals surface area contributed by atoms with Crippen molar-refractivity contribution < 1.29 is 19.5 Å². The van der Waals surface area contributed by atoms with Crippen molar-refractivity contribution in [2.24, 2.45) is 5.41 Å². The lowest BCUT2D eigenvalue weighted by atomic mass is 9.82. The van der Waals surface area contributed by atoms with E-state index in [-0.39, 0.29) is 17.3 Å². The molecule has 0 fully saturated rings. The number of hydrogen-bond acceptors (Lipinski definition) is 4. The van der Waals surface area contributed by atoms with Gasteiger partial charge in [0.15, 0.2) is 11.5 Å². The molecule has 1 aliphatic heterocycles. The second-order valence-electron chi connectivity index (χ2n) is 8.74. The number of nitrogens with zero attached hydrogens (tertiary/aromatic N) is 1. The minimum Gasteiger partial charge on any atom is -0.503 e. The van der Waals surface area contributed by atoms with E-state index in [0.717, 1.165) is 17.5 Å². The van der Waals surface area contributed by atoms with Crippen LogP contribution in [0.15, 0.2) is 59.9 Å². The predicted molar refractivity (Wildman–Crippen MR) is 121 cm³/mol. The summed E-state index contributed by atoms with van der Waals surface area (Å²) in [7, 11) is 0. The minimum atomic E-state index is -0.767. The standard InChI is InChI=1S/C25H28N2O4/c1-6-16-7-9-17(10-8-16)21-20(23(30)25(3,4)5)22(29)24(31)27(21)19-13-11-18(12-14-19)26-15(2)28/h7-14,21,29H,6H2,1-5H3,(H,26,28). The molecule has 31 heavy (non-hydrogen) atoms. The summed E-state index contributed by atoms with van der Waals surface area (Å²) in [4.78, 5) is 39.1. The number of hydrogen-bond donors (Lipinski definition) is 2.